The van der Waals surface area contributed by atoms with E-state index >= 15 is 0 Å². The van der Waals surface area contributed by atoms with Crippen molar-refractivity contribution < 1.29 is 14.4 Å². The molecule has 154 valence electrons. The molecule has 0 unspecified atom stereocenters. The molecule has 3 heterocycles. The lowest BCUT2D eigenvalue weighted by molar-refractivity contribution is 0.00578. The fraction of sp³-hybridized carbons (Fsp3) is 0.800. The van der Waals surface area contributed by atoms with Crippen molar-refractivity contribution in [3.63, 3.8) is 0 Å². The molecule has 1 aromatic heterocycles. The van der Waals surface area contributed by atoms with Crippen molar-refractivity contribution in [2.24, 2.45) is 0 Å². The van der Waals surface area contributed by atoms with Crippen molar-refractivity contribution in [1.82, 2.24) is 14.9 Å². The third kappa shape index (κ3) is 3.92. The summed E-state index contributed by atoms with van der Waals surface area (Å²) in [6.45, 7) is 11.2. The third-order valence-corrected chi connectivity index (χ3v) is 6.65. The number of anilines is 1. The minimum atomic E-state index is -0.428. The van der Waals surface area contributed by atoms with Crippen LogP contribution in [0.2, 0.25) is 0 Å². The van der Waals surface area contributed by atoms with Gasteiger partial charge in [0.05, 0.1) is 17.8 Å². The van der Waals surface area contributed by atoms with Gasteiger partial charge in [-0.25, -0.2) is 9.97 Å². The van der Waals surface area contributed by atoms with Crippen molar-refractivity contribution in [2.45, 2.75) is 76.7 Å². The van der Waals surface area contributed by atoms with E-state index in [9.17, 15) is 5.11 Å². The van der Waals surface area contributed by atoms with Crippen LogP contribution in [-0.4, -0.2) is 76.6 Å². The number of rotatable bonds is 6. The maximum Gasteiger partial charge on any atom is 0.498 e. The normalized spacial score (nSPS) is 27.2. The van der Waals surface area contributed by atoms with E-state index in [2.05, 4.69) is 37.5 Å². The first kappa shape index (κ1) is 20.1. The number of aliphatic hydroxyl groups is 1. The van der Waals surface area contributed by atoms with Gasteiger partial charge in [0.2, 0.25) is 5.95 Å². The molecule has 0 amide bonds. The van der Waals surface area contributed by atoms with Crippen LogP contribution in [0, 0.1) is 0 Å². The largest absolute Gasteiger partial charge is 0.498 e. The van der Waals surface area contributed by atoms with Gasteiger partial charge < -0.3 is 19.3 Å². The molecule has 3 aliphatic rings. The summed E-state index contributed by atoms with van der Waals surface area (Å²) in [6.07, 6.45) is 8.43. The maximum atomic E-state index is 9.29. The molecule has 1 aromatic rings. The molecule has 0 aromatic carbocycles. The van der Waals surface area contributed by atoms with Gasteiger partial charge in [-0.05, 0) is 59.9 Å². The highest BCUT2D eigenvalue weighted by Gasteiger charge is 2.52. The Morgan fingerprint density at radius 3 is 2.32 bits per heavy atom. The Balaban J connectivity index is 1.49. The van der Waals surface area contributed by atoms with E-state index in [1.807, 2.05) is 12.4 Å². The monoisotopic (exact) mass is 388 g/mol. The van der Waals surface area contributed by atoms with Gasteiger partial charge in [-0.15, -0.1) is 0 Å². The molecule has 7 nitrogen and oxygen atoms in total. The van der Waals surface area contributed by atoms with E-state index in [0.717, 1.165) is 43.9 Å². The fourth-order valence-electron chi connectivity index (χ4n) is 4.15. The molecule has 1 aliphatic carbocycles. The number of β-amino-alcohol motifs (C(OH)–C–C–N with tert-alkyl or cyclic N) is 1. The van der Waals surface area contributed by atoms with Crippen LogP contribution in [0.3, 0.4) is 0 Å². The molecule has 28 heavy (non-hydrogen) atoms. The van der Waals surface area contributed by atoms with E-state index in [4.69, 9.17) is 19.3 Å². The first-order valence-corrected chi connectivity index (χ1v) is 10.6. The van der Waals surface area contributed by atoms with Gasteiger partial charge in [0, 0.05) is 43.0 Å². The van der Waals surface area contributed by atoms with E-state index in [1.54, 1.807) is 0 Å². The predicted octanol–water partition coefficient (Wildman–Crippen LogP) is 1.20. The van der Waals surface area contributed by atoms with Crippen LogP contribution in [0.15, 0.2) is 12.4 Å². The highest BCUT2D eigenvalue weighted by Crippen LogP contribution is 2.37. The predicted molar refractivity (Wildman–Crippen MR) is 110 cm³/mol. The van der Waals surface area contributed by atoms with Gasteiger partial charge in [-0.3, -0.25) is 4.90 Å². The van der Waals surface area contributed by atoms with Crippen LogP contribution in [0.25, 0.3) is 0 Å². The summed E-state index contributed by atoms with van der Waals surface area (Å²) in [5, 5.41) is 9.29. The summed E-state index contributed by atoms with van der Waals surface area (Å²) in [4.78, 5) is 14.2. The van der Waals surface area contributed by atoms with Crippen LogP contribution >= 0.6 is 0 Å². The third-order valence-electron chi connectivity index (χ3n) is 6.65. The van der Waals surface area contributed by atoms with Crippen LogP contribution < -0.4 is 10.4 Å². The molecule has 0 radical (unpaired) electrons. The van der Waals surface area contributed by atoms with E-state index < -0.39 is 7.12 Å². The fourth-order valence-corrected chi connectivity index (χ4v) is 4.15. The number of aromatic nitrogens is 2. The van der Waals surface area contributed by atoms with E-state index in [1.165, 1.54) is 12.8 Å². The quantitative estimate of drug-likeness (QED) is 0.735. The molecule has 0 spiro atoms. The summed E-state index contributed by atoms with van der Waals surface area (Å²) < 4.78 is 12.2. The highest BCUT2D eigenvalue weighted by atomic mass is 16.7. The Morgan fingerprint density at radius 1 is 1.11 bits per heavy atom. The molecule has 2 aliphatic heterocycles. The minimum Gasteiger partial charge on any atom is -0.399 e. The van der Waals surface area contributed by atoms with Crippen LogP contribution in [0.1, 0.15) is 53.4 Å². The van der Waals surface area contributed by atoms with Gasteiger partial charge in [0.15, 0.2) is 0 Å². The summed E-state index contributed by atoms with van der Waals surface area (Å²) in [7, 11) is -0.428. The smallest absolute Gasteiger partial charge is 0.399 e. The average Bonchev–Trinajstić information content (AvgIpc) is 3.43. The second-order valence-corrected chi connectivity index (χ2v) is 9.36. The van der Waals surface area contributed by atoms with Gasteiger partial charge in [-0.2, -0.15) is 0 Å². The average molecular weight is 388 g/mol. The lowest BCUT2D eigenvalue weighted by Gasteiger charge is -2.39. The van der Waals surface area contributed by atoms with Crippen molar-refractivity contribution in [3.05, 3.63) is 12.4 Å². The lowest BCUT2D eigenvalue weighted by atomic mass is 9.81. The number of aliphatic hydroxyl groups excluding tert-OH is 1. The number of likely N-dealkylation sites (tertiary alicyclic amines) is 1. The van der Waals surface area contributed by atoms with Gasteiger partial charge >= 0.3 is 7.12 Å². The molecule has 1 saturated carbocycles. The second kappa shape index (κ2) is 7.56. The Hall–Kier alpha value is -1.22. The number of hydrogen-bond donors (Lipinski definition) is 1. The molecule has 3 fully saturated rings. The summed E-state index contributed by atoms with van der Waals surface area (Å²) in [6, 6.07) is 0.956. The Kier molecular flexibility index (Phi) is 5.42. The number of hydrogen-bond acceptors (Lipinski definition) is 7. The zero-order valence-corrected chi connectivity index (χ0v) is 17.6. The summed E-state index contributed by atoms with van der Waals surface area (Å²) in [5.74, 6) is 0.804. The number of piperidine rings is 1. The van der Waals surface area contributed by atoms with Gasteiger partial charge in [0.1, 0.15) is 0 Å². The number of nitrogens with zero attached hydrogens (tertiary/aromatic N) is 4. The first-order valence-electron chi connectivity index (χ1n) is 10.6. The Morgan fingerprint density at radius 2 is 1.75 bits per heavy atom. The Bertz CT molecular complexity index is 663. The Labute approximate surface area is 168 Å². The molecule has 0 bridgehead atoms. The van der Waals surface area contributed by atoms with Gasteiger partial charge in [-0.1, -0.05) is 0 Å². The standard InChI is InChI=1S/C20H33BN4O3/c1-19(2)20(3,4)28-21(27-19)15-12-22-18(23-13-15)25(16-7-8-16)17-6-5-9-24(14-17)10-11-26/h12-13,16-17,26H,5-11,14H2,1-4H3/t17-/m1/s1. The van der Waals surface area contributed by atoms with Gasteiger partial charge in [0.25, 0.3) is 0 Å². The lowest BCUT2D eigenvalue weighted by Crippen LogP contribution is -2.50. The first-order chi connectivity index (χ1) is 13.3. The zero-order valence-electron chi connectivity index (χ0n) is 17.6. The van der Waals surface area contributed by atoms with Crippen molar-refractivity contribution in [2.75, 3.05) is 31.1 Å². The zero-order chi connectivity index (χ0) is 19.9. The van der Waals surface area contributed by atoms with Crippen molar-refractivity contribution in [3.8, 4) is 0 Å². The minimum absolute atomic E-state index is 0.218. The molecule has 1 N–H and O–H groups in total. The van der Waals surface area contributed by atoms with Crippen LogP contribution in [-0.2, 0) is 9.31 Å². The van der Waals surface area contributed by atoms with Crippen molar-refractivity contribution >= 4 is 18.5 Å². The molecular weight excluding hydrogens is 355 g/mol. The van der Waals surface area contributed by atoms with E-state index in [0.29, 0.717) is 12.1 Å². The summed E-state index contributed by atoms with van der Waals surface area (Å²) in [5.41, 5.74) is 0.132. The highest BCUT2D eigenvalue weighted by molar-refractivity contribution is 6.61. The molecule has 2 saturated heterocycles. The SMILES string of the molecule is CC1(C)OB(c2cnc(N(C3CC3)[C@@H]3CCCN(CCO)C3)nc2)OC1(C)C. The van der Waals surface area contributed by atoms with Crippen LogP contribution in [0.4, 0.5) is 5.95 Å². The molecule has 4 rings (SSSR count). The second-order valence-electron chi connectivity index (χ2n) is 9.36. The van der Waals surface area contributed by atoms with Crippen molar-refractivity contribution in [1.29, 1.82) is 0 Å². The topological polar surface area (TPSA) is 71.0 Å². The van der Waals surface area contributed by atoms with E-state index in [-0.39, 0.29) is 17.8 Å². The molecular formula is C20H33BN4O3. The molecule has 1 atom stereocenters. The summed E-state index contributed by atoms with van der Waals surface area (Å²) >= 11 is 0. The molecule has 8 heteroatoms. The van der Waals surface area contributed by atoms with Crippen LogP contribution in [0.5, 0.6) is 0 Å². The maximum absolute atomic E-state index is 9.29.